The number of carboxylic acid groups (broad SMARTS) is 1. The molecule has 1 aliphatic carbocycles. The Morgan fingerprint density at radius 1 is 1.19 bits per heavy atom. The van der Waals surface area contributed by atoms with Crippen LogP contribution in [-0.2, 0) is 9.59 Å². The van der Waals surface area contributed by atoms with E-state index in [9.17, 15) is 9.59 Å². The quantitative estimate of drug-likeness (QED) is 0.696. The lowest BCUT2D eigenvalue weighted by molar-refractivity contribution is -0.141. The molecule has 2 aliphatic rings. The fourth-order valence-corrected chi connectivity index (χ4v) is 2.68. The number of carboxylic acids is 1. The molecule has 1 heterocycles. The maximum absolute atomic E-state index is 12.0. The Morgan fingerprint density at radius 3 is 2.38 bits per heavy atom. The van der Waals surface area contributed by atoms with E-state index in [2.05, 4.69) is 0 Å². The van der Waals surface area contributed by atoms with Crippen LogP contribution in [0.1, 0.15) is 25.7 Å². The van der Waals surface area contributed by atoms with Crippen LogP contribution in [0, 0.1) is 11.8 Å². The zero-order chi connectivity index (χ0) is 11.7. The van der Waals surface area contributed by atoms with E-state index >= 15 is 0 Å². The predicted molar refractivity (Wildman–Crippen MR) is 57.6 cm³/mol. The lowest BCUT2D eigenvalue weighted by Gasteiger charge is -2.20. The molecule has 0 radical (unpaired) electrons. The van der Waals surface area contributed by atoms with Crippen LogP contribution in [0.4, 0.5) is 0 Å². The molecule has 3 atom stereocenters. The Morgan fingerprint density at radius 2 is 1.88 bits per heavy atom. The Labute approximate surface area is 94.6 Å². The maximum Gasteiger partial charge on any atom is 0.306 e. The topological polar surface area (TPSA) is 83.6 Å². The molecule has 16 heavy (non-hydrogen) atoms. The molecule has 1 unspecified atom stereocenters. The molecule has 1 saturated carbocycles. The number of carbonyl (C=O) groups excluding carboxylic acids is 1. The van der Waals surface area contributed by atoms with Gasteiger partial charge in [0.25, 0.3) is 0 Å². The number of likely N-dealkylation sites (tertiary alicyclic amines) is 1. The van der Waals surface area contributed by atoms with Gasteiger partial charge in [0.15, 0.2) is 0 Å². The second-order valence-electron chi connectivity index (χ2n) is 4.88. The summed E-state index contributed by atoms with van der Waals surface area (Å²) >= 11 is 0. The molecular weight excluding hydrogens is 208 g/mol. The third-order valence-electron chi connectivity index (χ3n) is 3.67. The van der Waals surface area contributed by atoms with Crippen LogP contribution in [0.2, 0.25) is 0 Å². The number of nitrogens with two attached hydrogens (primary N) is 1. The van der Waals surface area contributed by atoms with Gasteiger partial charge in [0.2, 0.25) is 5.91 Å². The average molecular weight is 226 g/mol. The minimum Gasteiger partial charge on any atom is -0.481 e. The van der Waals surface area contributed by atoms with E-state index < -0.39 is 5.97 Å². The molecule has 0 spiro atoms. The number of hydrogen-bond acceptors (Lipinski definition) is 3. The largest absolute Gasteiger partial charge is 0.481 e. The minimum absolute atomic E-state index is 0.0913. The smallest absolute Gasteiger partial charge is 0.306 e. The van der Waals surface area contributed by atoms with Gasteiger partial charge >= 0.3 is 5.97 Å². The van der Waals surface area contributed by atoms with E-state index in [1.165, 1.54) is 0 Å². The van der Waals surface area contributed by atoms with Gasteiger partial charge in [0.1, 0.15) is 0 Å². The SMILES string of the molecule is NC1CCN(C(=O)[C@@H]2CC[C@H](C(=O)O)C2)C1. The van der Waals surface area contributed by atoms with Crippen molar-refractivity contribution in [2.45, 2.75) is 31.7 Å². The first-order chi connectivity index (χ1) is 7.58. The van der Waals surface area contributed by atoms with Gasteiger partial charge in [0, 0.05) is 25.0 Å². The van der Waals surface area contributed by atoms with E-state index in [4.69, 9.17) is 10.8 Å². The van der Waals surface area contributed by atoms with Crippen LogP contribution in [0.15, 0.2) is 0 Å². The van der Waals surface area contributed by atoms with Gasteiger partial charge in [-0.1, -0.05) is 0 Å². The Hall–Kier alpha value is -1.10. The highest BCUT2D eigenvalue weighted by Crippen LogP contribution is 2.32. The molecule has 5 heteroatoms. The summed E-state index contributed by atoms with van der Waals surface area (Å²) in [6, 6.07) is 0.0978. The van der Waals surface area contributed by atoms with Crippen molar-refractivity contribution in [3.63, 3.8) is 0 Å². The van der Waals surface area contributed by atoms with Crippen molar-refractivity contribution in [3.05, 3.63) is 0 Å². The van der Waals surface area contributed by atoms with Crippen LogP contribution >= 0.6 is 0 Å². The predicted octanol–water partition coefficient (Wildman–Crippen LogP) is 0.0469. The summed E-state index contributed by atoms with van der Waals surface area (Å²) in [5.41, 5.74) is 5.75. The second-order valence-corrected chi connectivity index (χ2v) is 4.88. The minimum atomic E-state index is -0.770. The summed E-state index contributed by atoms with van der Waals surface area (Å²) in [6.07, 6.45) is 2.70. The van der Waals surface area contributed by atoms with Crippen molar-refractivity contribution in [2.24, 2.45) is 17.6 Å². The van der Waals surface area contributed by atoms with E-state index in [0.717, 1.165) is 13.0 Å². The fourth-order valence-electron chi connectivity index (χ4n) is 2.68. The van der Waals surface area contributed by atoms with Gasteiger partial charge < -0.3 is 15.7 Å². The van der Waals surface area contributed by atoms with E-state index in [1.807, 2.05) is 0 Å². The number of aliphatic carboxylic acids is 1. The van der Waals surface area contributed by atoms with Gasteiger partial charge in [-0.3, -0.25) is 9.59 Å². The van der Waals surface area contributed by atoms with Crippen LogP contribution in [0.25, 0.3) is 0 Å². The highest BCUT2D eigenvalue weighted by atomic mass is 16.4. The Bertz CT molecular complexity index is 306. The van der Waals surface area contributed by atoms with Gasteiger partial charge in [-0.25, -0.2) is 0 Å². The van der Waals surface area contributed by atoms with Crippen molar-refractivity contribution in [2.75, 3.05) is 13.1 Å². The lowest BCUT2D eigenvalue weighted by atomic mass is 10.0. The molecule has 1 aliphatic heterocycles. The van der Waals surface area contributed by atoms with E-state index in [-0.39, 0.29) is 23.8 Å². The van der Waals surface area contributed by atoms with Crippen LogP contribution in [-0.4, -0.2) is 41.0 Å². The first-order valence-corrected chi connectivity index (χ1v) is 5.85. The van der Waals surface area contributed by atoms with Crippen molar-refractivity contribution in [1.29, 1.82) is 0 Å². The number of nitrogens with zero attached hydrogens (tertiary/aromatic N) is 1. The van der Waals surface area contributed by atoms with Crippen molar-refractivity contribution < 1.29 is 14.7 Å². The third-order valence-corrected chi connectivity index (χ3v) is 3.67. The summed E-state index contributed by atoms with van der Waals surface area (Å²) in [7, 11) is 0. The molecule has 90 valence electrons. The Balaban J connectivity index is 1.89. The summed E-state index contributed by atoms with van der Waals surface area (Å²) < 4.78 is 0. The van der Waals surface area contributed by atoms with Gasteiger partial charge in [-0.15, -0.1) is 0 Å². The molecule has 3 N–H and O–H groups in total. The number of carbonyl (C=O) groups is 2. The molecular formula is C11H18N2O3. The van der Waals surface area contributed by atoms with E-state index in [0.29, 0.717) is 25.8 Å². The highest BCUT2D eigenvalue weighted by molar-refractivity contribution is 5.81. The van der Waals surface area contributed by atoms with Crippen LogP contribution in [0.3, 0.4) is 0 Å². The second kappa shape index (κ2) is 4.41. The molecule has 0 aromatic carbocycles. The number of hydrogen-bond donors (Lipinski definition) is 2. The summed E-state index contributed by atoms with van der Waals surface area (Å²) in [5.74, 6) is -1.08. The van der Waals surface area contributed by atoms with Gasteiger partial charge in [0.05, 0.1) is 5.92 Å². The normalized spacial score (nSPS) is 34.3. The van der Waals surface area contributed by atoms with Crippen LogP contribution in [0.5, 0.6) is 0 Å². The molecule has 0 bridgehead atoms. The zero-order valence-corrected chi connectivity index (χ0v) is 9.26. The monoisotopic (exact) mass is 226 g/mol. The zero-order valence-electron chi connectivity index (χ0n) is 9.26. The standard InChI is InChI=1S/C11H18N2O3/c12-9-3-4-13(6-9)10(14)7-1-2-8(5-7)11(15)16/h7-9H,1-6,12H2,(H,15,16)/t7-,8+,9?/m1/s1. The first kappa shape index (κ1) is 11.4. The molecule has 5 nitrogen and oxygen atoms in total. The maximum atomic E-state index is 12.0. The molecule has 1 saturated heterocycles. The summed E-state index contributed by atoms with van der Waals surface area (Å²) in [4.78, 5) is 24.6. The molecule has 2 rings (SSSR count). The number of rotatable bonds is 2. The van der Waals surface area contributed by atoms with Crippen molar-refractivity contribution in [3.8, 4) is 0 Å². The summed E-state index contributed by atoms with van der Waals surface area (Å²) in [6.45, 7) is 1.36. The highest BCUT2D eigenvalue weighted by Gasteiger charge is 2.37. The Kier molecular flexibility index (Phi) is 3.14. The van der Waals surface area contributed by atoms with Crippen molar-refractivity contribution in [1.82, 2.24) is 4.90 Å². The van der Waals surface area contributed by atoms with Gasteiger partial charge in [-0.05, 0) is 25.7 Å². The van der Waals surface area contributed by atoms with E-state index in [1.54, 1.807) is 4.90 Å². The average Bonchev–Trinajstić information content (AvgIpc) is 2.84. The first-order valence-electron chi connectivity index (χ1n) is 5.85. The molecule has 0 aromatic heterocycles. The fraction of sp³-hybridized carbons (Fsp3) is 0.818. The molecule has 0 aromatic rings. The van der Waals surface area contributed by atoms with Crippen molar-refractivity contribution >= 4 is 11.9 Å². The van der Waals surface area contributed by atoms with Crippen LogP contribution < -0.4 is 5.73 Å². The molecule has 2 fully saturated rings. The number of amides is 1. The third kappa shape index (κ3) is 2.19. The lowest BCUT2D eigenvalue weighted by Crippen LogP contribution is -2.35. The summed E-state index contributed by atoms with van der Waals surface area (Å²) in [5, 5.41) is 8.88. The van der Waals surface area contributed by atoms with Gasteiger partial charge in [-0.2, -0.15) is 0 Å². The molecule has 1 amide bonds.